The van der Waals surface area contributed by atoms with Gasteiger partial charge in [-0.15, -0.1) is 0 Å². The third-order valence-electron chi connectivity index (χ3n) is 2.72. The van der Waals surface area contributed by atoms with Crippen molar-refractivity contribution in [3.63, 3.8) is 0 Å². The van der Waals surface area contributed by atoms with Gasteiger partial charge in [0.25, 0.3) is 0 Å². The Kier molecular flexibility index (Phi) is 1.80. The lowest BCUT2D eigenvalue weighted by atomic mass is 9.95. The molecule has 0 bridgehead atoms. The summed E-state index contributed by atoms with van der Waals surface area (Å²) in [6.45, 7) is 9.80. The van der Waals surface area contributed by atoms with Crippen molar-refractivity contribution in [1.82, 2.24) is 4.90 Å². The average molecular weight is 126 g/mol. The van der Waals surface area contributed by atoms with Gasteiger partial charge in [0.2, 0.25) is 0 Å². The first-order valence-electron chi connectivity index (χ1n) is 3.66. The Morgan fingerprint density at radius 1 is 1.44 bits per heavy atom. The van der Waals surface area contributed by atoms with Crippen LogP contribution in [0, 0.1) is 18.8 Å². The minimum atomic E-state index is 0.644. The lowest BCUT2D eigenvalue weighted by Gasteiger charge is -2.16. The Hall–Kier alpha value is -0.0400. The van der Waals surface area contributed by atoms with E-state index in [0.717, 1.165) is 12.0 Å². The molecule has 0 aromatic rings. The average Bonchev–Trinajstić information content (AvgIpc) is 1.98. The van der Waals surface area contributed by atoms with E-state index >= 15 is 0 Å². The van der Waals surface area contributed by atoms with Crippen LogP contribution in [0.2, 0.25) is 0 Å². The molecule has 9 heavy (non-hydrogen) atoms. The summed E-state index contributed by atoms with van der Waals surface area (Å²) in [5.74, 6) is 1.42. The molecule has 1 heterocycles. The molecule has 3 unspecified atom stereocenters. The number of nitrogens with zero attached hydrogens (tertiary/aromatic N) is 1. The van der Waals surface area contributed by atoms with Crippen molar-refractivity contribution in [2.75, 3.05) is 13.6 Å². The second-order valence-corrected chi connectivity index (χ2v) is 3.30. The smallest absolute Gasteiger partial charge is 0.00927 e. The van der Waals surface area contributed by atoms with Gasteiger partial charge in [0.05, 0.1) is 0 Å². The van der Waals surface area contributed by atoms with Crippen LogP contribution in [0.4, 0.5) is 0 Å². The quantitative estimate of drug-likeness (QED) is 0.474. The monoisotopic (exact) mass is 126 g/mol. The molecule has 1 aliphatic rings. The van der Waals surface area contributed by atoms with Crippen molar-refractivity contribution in [2.45, 2.75) is 19.9 Å². The van der Waals surface area contributed by atoms with Gasteiger partial charge >= 0.3 is 0 Å². The van der Waals surface area contributed by atoms with Crippen LogP contribution in [0.3, 0.4) is 0 Å². The van der Waals surface area contributed by atoms with Gasteiger partial charge in [-0.05, 0) is 32.7 Å². The SMILES string of the molecule is [CH2]C1CN(C)C(C)C1C. The van der Waals surface area contributed by atoms with E-state index in [1.807, 2.05) is 0 Å². The molecule has 0 aliphatic carbocycles. The molecular formula is C8H16N. The molecule has 1 rings (SSSR count). The standard InChI is InChI=1S/C8H16N/c1-6-5-9(4)8(3)7(6)2/h6-8H,1,5H2,2-4H3. The highest BCUT2D eigenvalue weighted by Crippen LogP contribution is 2.26. The van der Waals surface area contributed by atoms with E-state index in [4.69, 9.17) is 0 Å². The predicted octanol–water partition coefficient (Wildman–Crippen LogP) is 1.41. The molecule has 1 aliphatic heterocycles. The normalized spacial score (nSPS) is 46.0. The van der Waals surface area contributed by atoms with Crippen LogP contribution in [0.1, 0.15) is 13.8 Å². The zero-order valence-electron chi connectivity index (χ0n) is 6.59. The molecule has 0 aromatic heterocycles. The molecular weight excluding hydrogens is 110 g/mol. The molecule has 0 saturated carbocycles. The molecule has 0 spiro atoms. The topological polar surface area (TPSA) is 3.24 Å². The van der Waals surface area contributed by atoms with Crippen LogP contribution < -0.4 is 0 Å². The van der Waals surface area contributed by atoms with E-state index in [9.17, 15) is 0 Å². The zero-order valence-corrected chi connectivity index (χ0v) is 6.59. The molecule has 1 heteroatoms. The van der Waals surface area contributed by atoms with Crippen LogP contribution in [0.15, 0.2) is 0 Å². The van der Waals surface area contributed by atoms with Gasteiger partial charge in [-0.3, -0.25) is 0 Å². The maximum atomic E-state index is 4.08. The van der Waals surface area contributed by atoms with E-state index in [0.29, 0.717) is 5.92 Å². The zero-order chi connectivity index (χ0) is 7.02. The van der Waals surface area contributed by atoms with Gasteiger partial charge in [-0.2, -0.15) is 0 Å². The van der Waals surface area contributed by atoms with E-state index in [2.05, 4.69) is 32.7 Å². The van der Waals surface area contributed by atoms with Gasteiger partial charge in [0.15, 0.2) is 0 Å². The second-order valence-electron chi connectivity index (χ2n) is 3.30. The first kappa shape index (κ1) is 7.07. The molecule has 53 valence electrons. The number of likely N-dealkylation sites (tertiary alicyclic amines) is 1. The van der Waals surface area contributed by atoms with Crippen molar-refractivity contribution >= 4 is 0 Å². The Balaban J connectivity index is 2.54. The van der Waals surface area contributed by atoms with Crippen molar-refractivity contribution < 1.29 is 0 Å². The third-order valence-corrected chi connectivity index (χ3v) is 2.72. The summed E-state index contributed by atoms with van der Waals surface area (Å²) in [5, 5.41) is 0. The minimum Gasteiger partial charge on any atom is -0.303 e. The molecule has 1 saturated heterocycles. The highest BCUT2D eigenvalue weighted by Gasteiger charge is 2.30. The van der Waals surface area contributed by atoms with Gasteiger partial charge < -0.3 is 4.90 Å². The first-order valence-corrected chi connectivity index (χ1v) is 3.66. The Labute approximate surface area is 58.0 Å². The highest BCUT2D eigenvalue weighted by atomic mass is 15.2. The fourth-order valence-corrected chi connectivity index (χ4v) is 1.50. The van der Waals surface area contributed by atoms with Crippen LogP contribution in [0.25, 0.3) is 0 Å². The van der Waals surface area contributed by atoms with Crippen LogP contribution >= 0.6 is 0 Å². The van der Waals surface area contributed by atoms with Crippen LogP contribution in [-0.2, 0) is 0 Å². The van der Waals surface area contributed by atoms with Crippen LogP contribution in [-0.4, -0.2) is 24.5 Å². The summed E-state index contributed by atoms with van der Waals surface area (Å²) in [4.78, 5) is 2.38. The van der Waals surface area contributed by atoms with Crippen LogP contribution in [0.5, 0.6) is 0 Å². The van der Waals surface area contributed by atoms with Gasteiger partial charge in [-0.25, -0.2) is 0 Å². The summed E-state index contributed by atoms with van der Waals surface area (Å²) in [5.41, 5.74) is 0. The van der Waals surface area contributed by atoms with Gasteiger partial charge in [-0.1, -0.05) is 6.92 Å². The molecule has 0 N–H and O–H groups in total. The number of hydrogen-bond donors (Lipinski definition) is 0. The summed E-state index contributed by atoms with van der Waals surface area (Å²) >= 11 is 0. The first-order chi connectivity index (χ1) is 4.13. The lowest BCUT2D eigenvalue weighted by molar-refractivity contribution is 0.300. The van der Waals surface area contributed by atoms with Gasteiger partial charge in [0, 0.05) is 12.6 Å². The van der Waals surface area contributed by atoms with E-state index in [-0.39, 0.29) is 0 Å². The number of hydrogen-bond acceptors (Lipinski definition) is 1. The molecule has 0 aromatic carbocycles. The molecule has 0 amide bonds. The summed E-state index contributed by atoms with van der Waals surface area (Å²) in [6, 6.07) is 0.729. The maximum absolute atomic E-state index is 4.08. The Morgan fingerprint density at radius 3 is 2.11 bits per heavy atom. The molecule has 3 atom stereocenters. The second kappa shape index (κ2) is 2.30. The Bertz CT molecular complexity index is 88.7. The van der Waals surface area contributed by atoms with Crippen molar-refractivity contribution in [3.05, 3.63) is 6.92 Å². The summed E-state index contributed by atoms with van der Waals surface area (Å²) in [6.07, 6.45) is 0. The van der Waals surface area contributed by atoms with Crippen molar-refractivity contribution in [3.8, 4) is 0 Å². The highest BCUT2D eigenvalue weighted by molar-refractivity contribution is 4.87. The fourth-order valence-electron chi connectivity index (χ4n) is 1.50. The predicted molar refractivity (Wildman–Crippen MR) is 40.1 cm³/mol. The van der Waals surface area contributed by atoms with E-state index in [1.54, 1.807) is 0 Å². The maximum Gasteiger partial charge on any atom is 0.00927 e. The lowest BCUT2D eigenvalue weighted by Crippen LogP contribution is -2.24. The largest absolute Gasteiger partial charge is 0.303 e. The fraction of sp³-hybridized carbons (Fsp3) is 0.875. The summed E-state index contributed by atoms with van der Waals surface area (Å²) < 4.78 is 0. The molecule has 1 radical (unpaired) electrons. The van der Waals surface area contributed by atoms with E-state index < -0.39 is 0 Å². The number of rotatable bonds is 0. The summed E-state index contributed by atoms with van der Waals surface area (Å²) in [7, 11) is 2.17. The van der Waals surface area contributed by atoms with E-state index in [1.165, 1.54) is 6.54 Å². The third kappa shape index (κ3) is 1.11. The molecule has 1 fully saturated rings. The van der Waals surface area contributed by atoms with Crippen molar-refractivity contribution in [1.29, 1.82) is 0 Å². The van der Waals surface area contributed by atoms with Crippen molar-refractivity contribution in [2.24, 2.45) is 11.8 Å². The Morgan fingerprint density at radius 2 is 2.00 bits per heavy atom. The molecule has 1 nitrogen and oxygen atoms in total. The minimum absolute atomic E-state index is 0.644. The van der Waals surface area contributed by atoms with Gasteiger partial charge in [0.1, 0.15) is 0 Å².